The molecule has 0 bridgehead atoms. The van der Waals surface area contributed by atoms with E-state index in [9.17, 15) is 9.59 Å². The maximum atomic E-state index is 11.8. The molecule has 0 fully saturated rings. The van der Waals surface area contributed by atoms with Gasteiger partial charge in [0.15, 0.2) is 0 Å². The molecule has 0 spiro atoms. The Labute approximate surface area is 146 Å². The van der Waals surface area contributed by atoms with Crippen molar-refractivity contribution in [2.24, 2.45) is 11.5 Å². The van der Waals surface area contributed by atoms with Crippen LogP contribution in [0.4, 0.5) is 0 Å². The van der Waals surface area contributed by atoms with Crippen molar-refractivity contribution in [1.82, 2.24) is 0 Å². The Morgan fingerprint density at radius 1 is 0.680 bits per heavy atom. The molecule has 0 atom stereocenters. The van der Waals surface area contributed by atoms with Gasteiger partial charge in [0.1, 0.15) is 11.5 Å². The summed E-state index contributed by atoms with van der Waals surface area (Å²) < 4.78 is 10.4. The van der Waals surface area contributed by atoms with Crippen molar-refractivity contribution < 1.29 is 19.1 Å². The number of carbonyl (C=O) groups excluding carboxylic acids is 2. The summed E-state index contributed by atoms with van der Waals surface area (Å²) in [5, 5.41) is 0. The van der Waals surface area contributed by atoms with Crippen LogP contribution < -0.4 is 20.9 Å². The van der Waals surface area contributed by atoms with Crippen LogP contribution in [0.5, 0.6) is 11.5 Å². The number of esters is 2. The van der Waals surface area contributed by atoms with Crippen LogP contribution in [0.25, 0.3) is 0 Å². The molecule has 0 radical (unpaired) electrons. The lowest BCUT2D eigenvalue weighted by Gasteiger charge is -2.06. The Hall–Kier alpha value is -2.70. The Bertz CT molecular complexity index is 635. The summed E-state index contributed by atoms with van der Waals surface area (Å²) in [6.07, 6.45) is 0.638. The lowest BCUT2D eigenvalue weighted by atomic mass is 10.2. The smallest absolute Gasteiger partial charge is 0.311 e. The molecule has 4 N–H and O–H groups in total. The Balaban J connectivity index is 1.69. The highest BCUT2D eigenvalue weighted by atomic mass is 16.5. The van der Waals surface area contributed by atoms with Gasteiger partial charge in [0.2, 0.25) is 0 Å². The normalized spacial score (nSPS) is 10.3. The zero-order valence-electron chi connectivity index (χ0n) is 13.9. The van der Waals surface area contributed by atoms with Crippen LogP contribution in [0.2, 0.25) is 0 Å². The molecule has 2 aromatic rings. The SMILES string of the molecule is NCc1ccc(OC(=O)CCCC(=O)Oc2ccc(CN)cc2)cc1. The van der Waals surface area contributed by atoms with Crippen LogP contribution in [0, 0.1) is 0 Å². The predicted octanol–water partition coefficient (Wildman–Crippen LogP) is 2.29. The molecule has 0 aliphatic carbocycles. The van der Waals surface area contributed by atoms with E-state index in [4.69, 9.17) is 20.9 Å². The largest absolute Gasteiger partial charge is 0.427 e. The van der Waals surface area contributed by atoms with Crippen LogP contribution in [0.1, 0.15) is 30.4 Å². The quantitative estimate of drug-likeness (QED) is 0.563. The van der Waals surface area contributed by atoms with Crippen molar-refractivity contribution in [2.45, 2.75) is 32.4 Å². The fraction of sp³-hybridized carbons (Fsp3) is 0.263. The zero-order chi connectivity index (χ0) is 18.1. The second-order valence-electron chi connectivity index (χ2n) is 5.50. The van der Waals surface area contributed by atoms with Gasteiger partial charge in [-0.1, -0.05) is 24.3 Å². The molecule has 6 heteroatoms. The highest BCUT2D eigenvalue weighted by molar-refractivity contribution is 5.75. The molecule has 0 unspecified atom stereocenters. The molecule has 2 aromatic carbocycles. The maximum Gasteiger partial charge on any atom is 0.311 e. The number of hydrogen-bond acceptors (Lipinski definition) is 6. The van der Waals surface area contributed by atoms with Crippen molar-refractivity contribution in [3.63, 3.8) is 0 Å². The Morgan fingerprint density at radius 2 is 1.04 bits per heavy atom. The minimum Gasteiger partial charge on any atom is -0.427 e. The van der Waals surface area contributed by atoms with E-state index in [0.29, 0.717) is 31.0 Å². The van der Waals surface area contributed by atoms with Gasteiger partial charge in [0.25, 0.3) is 0 Å². The molecule has 0 aliphatic heterocycles. The number of rotatable bonds is 8. The average Bonchev–Trinajstić information content (AvgIpc) is 2.63. The van der Waals surface area contributed by atoms with E-state index >= 15 is 0 Å². The van der Waals surface area contributed by atoms with Gasteiger partial charge in [-0.25, -0.2) is 0 Å². The summed E-state index contributed by atoms with van der Waals surface area (Å²) in [4.78, 5) is 23.5. The van der Waals surface area contributed by atoms with Gasteiger partial charge in [-0.3, -0.25) is 9.59 Å². The highest BCUT2D eigenvalue weighted by Gasteiger charge is 2.09. The molecular weight excluding hydrogens is 320 g/mol. The Kier molecular flexibility index (Phi) is 7.13. The zero-order valence-corrected chi connectivity index (χ0v) is 13.9. The molecule has 0 heterocycles. The Morgan fingerprint density at radius 3 is 1.36 bits per heavy atom. The third-order valence-electron chi connectivity index (χ3n) is 3.54. The fourth-order valence-corrected chi connectivity index (χ4v) is 2.13. The van der Waals surface area contributed by atoms with Gasteiger partial charge in [-0.15, -0.1) is 0 Å². The molecule has 0 aliphatic rings. The maximum absolute atomic E-state index is 11.8. The van der Waals surface area contributed by atoms with E-state index in [0.717, 1.165) is 11.1 Å². The number of benzene rings is 2. The lowest BCUT2D eigenvalue weighted by Crippen LogP contribution is -2.11. The second-order valence-corrected chi connectivity index (χ2v) is 5.50. The summed E-state index contributed by atoms with van der Waals surface area (Å²) in [6, 6.07) is 14.0. The van der Waals surface area contributed by atoms with Crippen molar-refractivity contribution in [3.8, 4) is 11.5 Å². The van der Waals surface area contributed by atoms with E-state index in [-0.39, 0.29) is 24.8 Å². The standard InChI is InChI=1S/C19H22N2O4/c20-12-14-4-8-16(9-5-14)24-18(22)2-1-3-19(23)25-17-10-6-15(13-21)7-11-17/h4-11H,1-3,12-13,20-21H2. The minimum absolute atomic E-state index is 0.139. The molecular formula is C19H22N2O4. The first-order valence-corrected chi connectivity index (χ1v) is 8.10. The van der Waals surface area contributed by atoms with E-state index in [1.807, 2.05) is 0 Å². The van der Waals surface area contributed by atoms with Gasteiger partial charge < -0.3 is 20.9 Å². The van der Waals surface area contributed by atoms with Gasteiger partial charge in [-0.2, -0.15) is 0 Å². The van der Waals surface area contributed by atoms with Crippen LogP contribution in [-0.4, -0.2) is 11.9 Å². The summed E-state index contributed by atoms with van der Waals surface area (Å²) in [7, 11) is 0. The second kappa shape index (κ2) is 9.56. The van der Waals surface area contributed by atoms with Crippen LogP contribution in [0.3, 0.4) is 0 Å². The summed E-state index contributed by atoms with van der Waals surface area (Å²) in [6.45, 7) is 0.872. The van der Waals surface area contributed by atoms with E-state index in [1.54, 1.807) is 48.5 Å². The first-order valence-electron chi connectivity index (χ1n) is 8.10. The van der Waals surface area contributed by atoms with Gasteiger partial charge in [-0.05, 0) is 41.8 Å². The molecule has 0 aromatic heterocycles. The number of carbonyl (C=O) groups is 2. The molecule has 6 nitrogen and oxygen atoms in total. The molecule has 25 heavy (non-hydrogen) atoms. The van der Waals surface area contributed by atoms with Crippen molar-refractivity contribution in [1.29, 1.82) is 0 Å². The van der Waals surface area contributed by atoms with E-state index < -0.39 is 0 Å². The molecule has 0 saturated heterocycles. The number of ether oxygens (including phenoxy) is 2. The monoisotopic (exact) mass is 342 g/mol. The van der Waals surface area contributed by atoms with Crippen LogP contribution >= 0.6 is 0 Å². The third kappa shape index (κ3) is 6.37. The summed E-state index contributed by atoms with van der Waals surface area (Å²) in [5.41, 5.74) is 12.9. The van der Waals surface area contributed by atoms with Gasteiger partial charge in [0, 0.05) is 25.9 Å². The van der Waals surface area contributed by atoms with E-state index in [1.165, 1.54) is 0 Å². The van der Waals surface area contributed by atoms with Crippen LogP contribution in [-0.2, 0) is 22.7 Å². The topological polar surface area (TPSA) is 105 Å². The van der Waals surface area contributed by atoms with E-state index in [2.05, 4.69) is 0 Å². The van der Waals surface area contributed by atoms with Gasteiger partial charge in [0.05, 0.1) is 0 Å². The average molecular weight is 342 g/mol. The highest BCUT2D eigenvalue weighted by Crippen LogP contribution is 2.15. The van der Waals surface area contributed by atoms with Crippen LogP contribution in [0.15, 0.2) is 48.5 Å². The third-order valence-corrected chi connectivity index (χ3v) is 3.54. The predicted molar refractivity (Wildman–Crippen MR) is 93.8 cm³/mol. The van der Waals surface area contributed by atoms with Crippen molar-refractivity contribution in [3.05, 3.63) is 59.7 Å². The lowest BCUT2D eigenvalue weighted by molar-refractivity contribution is -0.136. The number of hydrogen-bond donors (Lipinski definition) is 2. The first kappa shape index (κ1) is 18.6. The summed E-state index contributed by atoms with van der Waals surface area (Å²) >= 11 is 0. The molecule has 0 amide bonds. The molecule has 2 rings (SSSR count). The van der Waals surface area contributed by atoms with Gasteiger partial charge >= 0.3 is 11.9 Å². The fourth-order valence-electron chi connectivity index (χ4n) is 2.13. The van der Waals surface area contributed by atoms with Crippen molar-refractivity contribution >= 4 is 11.9 Å². The molecule has 132 valence electrons. The number of nitrogens with two attached hydrogens (primary N) is 2. The molecule has 0 saturated carbocycles. The first-order chi connectivity index (χ1) is 12.1. The summed E-state index contributed by atoms with van der Waals surface area (Å²) in [5.74, 6) is 0.149. The van der Waals surface area contributed by atoms with Crippen molar-refractivity contribution in [2.75, 3.05) is 0 Å². The minimum atomic E-state index is -0.388.